The molecule has 0 aliphatic rings. The summed E-state index contributed by atoms with van der Waals surface area (Å²) < 4.78 is 40.2. The zero-order chi connectivity index (χ0) is 30.8. The summed E-state index contributed by atoms with van der Waals surface area (Å²) in [5.74, 6) is 1.77. The van der Waals surface area contributed by atoms with Crippen LogP contribution in [0.25, 0.3) is 22.2 Å². The van der Waals surface area contributed by atoms with E-state index < -0.39 is 0 Å². The number of anilines is 2. The second-order valence-corrected chi connectivity index (χ2v) is 9.42. The molecule has 0 saturated heterocycles. The molecule has 0 bridgehead atoms. The molecule has 0 fully saturated rings. The van der Waals surface area contributed by atoms with Gasteiger partial charge in [-0.1, -0.05) is 17.3 Å². The van der Waals surface area contributed by atoms with Gasteiger partial charge in [0.2, 0.25) is 0 Å². The van der Waals surface area contributed by atoms with E-state index in [1.165, 1.54) is 6.33 Å². The topological polar surface area (TPSA) is 159 Å². The van der Waals surface area contributed by atoms with Gasteiger partial charge in [-0.05, 0) is 18.2 Å². The standard InChI is InChI=1S/C30H41N7O7/c1-38-10-16-43-28-19-25-26(20-29(28)44-17-11-39-2)32-22-33-30(25)34-24-5-3-4-23(18-24)27-21-37(36-35-27)7-9-41-13-15-42-14-12-40-8-6-31/h3-5,18-22H,6-17,31H2,1-2H3,(H,32,33,34). The van der Waals surface area contributed by atoms with Crippen molar-refractivity contribution in [3.63, 3.8) is 0 Å². The molecule has 0 aliphatic carbocycles. The highest BCUT2D eigenvalue weighted by atomic mass is 16.6. The molecule has 0 radical (unpaired) electrons. The average Bonchev–Trinajstić information content (AvgIpc) is 3.52. The van der Waals surface area contributed by atoms with Crippen molar-refractivity contribution in [2.45, 2.75) is 6.54 Å². The Morgan fingerprint density at radius 3 is 2.20 bits per heavy atom. The first-order valence-electron chi connectivity index (χ1n) is 14.4. The van der Waals surface area contributed by atoms with Crippen LogP contribution in [-0.2, 0) is 30.2 Å². The molecule has 44 heavy (non-hydrogen) atoms. The maximum atomic E-state index is 5.95. The number of ether oxygens (including phenoxy) is 7. The van der Waals surface area contributed by atoms with Gasteiger partial charge in [-0.3, -0.25) is 0 Å². The first-order chi connectivity index (χ1) is 21.7. The Morgan fingerprint density at radius 1 is 0.773 bits per heavy atom. The summed E-state index contributed by atoms with van der Waals surface area (Å²) in [6.07, 6.45) is 3.40. The third kappa shape index (κ3) is 10.4. The van der Waals surface area contributed by atoms with Crippen molar-refractivity contribution in [3.8, 4) is 22.8 Å². The summed E-state index contributed by atoms with van der Waals surface area (Å²) in [5.41, 5.74) is 8.56. The third-order valence-electron chi connectivity index (χ3n) is 6.22. The zero-order valence-corrected chi connectivity index (χ0v) is 25.3. The lowest BCUT2D eigenvalue weighted by Gasteiger charge is -2.15. The smallest absolute Gasteiger partial charge is 0.163 e. The van der Waals surface area contributed by atoms with Crippen LogP contribution in [0.1, 0.15) is 0 Å². The molecule has 4 aromatic rings. The molecule has 0 unspecified atom stereocenters. The molecular formula is C30H41N7O7. The van der Waals surface area contributed by atoms with Gasteiger partial charge < -0.3 is 44.2 Å². The van der Waals surface area contributed by atoms with Crippen molar-refractivity contribution in [3.05, 3.63) is 48.9 Å². The van der Waals surface area contributed by atoms with Gasteiger partial charge in [0.1, 0.15) is 31.1 Å². The molecule has 238 valence electrons. The van der Waals surface area contributed by atoms with E-state index in [2.05, 4.69) is 25.6 Å². The lowest BCUT2D eigenvalue weighted by atomic mass is 10.1. The summed E-state index contributed by atoms with van der Waals surface area (Å²) in [5, 5.41) is 12.8. The van der Waals surface area contributed by atoms with Gasteiger partial charge in [0, 0.05) is 43.5 Å². The van der Waals surface area contributed by atoms with E-state index in [0.29, 0.717) is 102 Å². The van der Waals surface area contributed by atoms with Crippen LogP contribution in [0.4, 0.5) is 11.5 Å². The van der Waals surface area contributed by atoms with E-state index in [0.717, 1.165) is 22.3 Å². The van der Waals surface area contributed by atoms with Crippen LogP contribution < -0.4 is 20.5 Å². The van der Waals surface area contributed by atoms with E-state index in [4.69, 9.17) is 38.9 Å². The van der Waals surface area contributed by atoms with Crippen LogP contribution in [0.15, 0.2) is 48.9 Å². The van der Waals surface area contributed by atoms with Gasteiger partial charge in [0.15, 0.2) is 11.5 Å². The number of rotatable bonds is 22. The predicted octanol–water partition coefficient (Wildman–Crippen LogP) is 2.69. The van der Waals surface area contributed by atoms with Gasteiger partial charge in [-0.2, -0.15) is 0 Å². The fraction of sp³-hybridized carbons (Fsp3) is 0.467. The molecule has 0 aliphatic heterocycles. The quantitative estimate of drug-likeness (QED) is 0.125. The van der Waals surface area contributed by atoms with Crippen LogP contribution in [-0.4, -0.2) is 112 Å². The molecule has 0 spiro atoms. The summed E-state index contributed by atoms with van der Waals surface area (Å²) in [6, 6.07) is 11.6. The van der Waals surface area contributed by atoms with Gasteiger partial charge >= 0.3 is 0 Å². The van der Waals surface area contributed by atoms with E-state index in [9.17, 15) is 0 Å². The van der Waals surface area contributed by atoms with E-state index in [1.807, 2.05) is 42.6 Å². The largest absolute Gasteiger partial charge is 0.487 e. The highest BCUT2D eigenvalue weighted by Crippen LogP contribution is 2.35. The van der Waals surface area contributed by atoms with Gasteiger partial charge in [-0.15, -0.1) is 5.10 Å². The van der Waals surface area contributed by atoms with E-state index in [-0.39, 0.29) is 0 Å². The Balaban J connectivity index is 1.37. The summed E-state index contributed by atoms with van der Waals surface area (Å²) in [4.78, 5) is 8.95. The first-order valence-corrected chi connectivity index (χ1v) is 14.4. The van der Waals surface area contributed by atoms with Crippen LogP contribution in [0.2, 0.25) is 0 Å². The number of methoxy groups -OCH3 is 2. The Labute approximate surface area is 256 Å². The molecule has 0 atom stereocenters. The molecule has 3 N–H and O–H groups in total. The van der Waals surface area contributed by atoms with Crippen LogP contribution in [0.3, 0.4) is 0 Å². The minimum Gasteiger partial charge on any atom is -0.487 e. The normalized spacial score (nSPS) is 11.2. The molecule has 14 nitrogen and oxygen atoms in total. The lowest BCUT2D eigenvalue weighted by Crippen LogP contribution is -2.14. The highest BCUT2D eigenvalue weighted by molar-refractivity contribution is 5.93. The van der Waals surface area contributed by atoms with Crippen LogP contribution in [0, 0.1) is 0 Å². The summed E-state index contributed by atoms with van der Waals surface area (Å²) >= 11 is 0. The maximum Gasteiger partial charge on any atom is 0.163 e. The van der Waals surface area contributed by atoms with E-state index in [1.54, 1.807) is 18.9 Å². The SMILES string of the molecule is COCCOc1cc2ncnc(Nc3cccc(-c4cn(CCOCCOCCOCCN)nn4)c3)c2cc1OCCOC. The Hall–Kier alpha value is -3.92. The molecule has 2 aromatic heterocycles. The molecule has 2 heterocycles. The number of fused-ring (bicyclic) bond motifs is 1. The number of hydrogen-bond donors (Lipinski definition) is 2. The Morgan fingerprint density at radius 2 is 1.48 bits per heavy atom. The molecule has 14 heteroatoms. The second-order valence-electron chi connectivity index (χ2n) is 9.42. The first kappa shape index (κ1) is 33.0. The number of hydrogen-bond acceptors (Lipinski definition) is 13. The zero-order valence-electron chi connectivity index (χ0n) is 25.3. The van der Waals surface area contributed by atoms with Gasteiger partial charge in [0.25, 0.3) is 0 Å². The fourth-order valence-corrected chi connectivity index (χ4v) is 4.08. The minimum absolute atomic E-state index is 0.369. The summed E-state index contributed by atoms with van der Waals surface area (Å²) in [6.45, 7) is 5.81. The van der Waals surface area contributed by atoms with Crippen molar-refractivity contribution >= 4 is 22.4 Å². The number of nitrogens with two attached hydrogens (primary N) is 1. The Bertz CT molecular complexity index is 1410. The monoisotopic (exact) mass is 611 g/mol. The third-order valence-corrected chi connectivity index (χ3v) is 6.22. The maximum absolute atomic E-state index is 5.95. The van der Waals surface area contributed by atoms with Crippen LogP contribution in [0.5, 0.6) is 11.5 Å². The van der Waals surface area contributed by atoms with E-state index >= 15 is 0 Å². The van der Waals surface area contributed by atoms with Crippen LogP contribution >= 0.6 is 0 Å². The lowest BCUT2D eigenvalue weighted by molar-refractivity contribution is 0.0141. The molecular weight excluding hydrogens is 570 g/mol. The molecule has 4 rings (SSSR count). The van der Waals surface area contributed by atoms with Crippen molar-refractivity contribution in [2.75, 3.05) is 92.1 Å². The van der Waals surface area contributed by atoms with Crippen molar-refractivity contribution in [2.24, 2.45) is 5.73 Å². The minimum atomic E-state index is 0.369. The van der Waals surface area contributed by atoms with Gasteiger partial charge in [0.05, 0.1) is 71.1 Å². The van der Waals surface area contributed by atoms with Gasteiger partial charge in [-0.25, -0.2) is 14.6 Å². The Kier molecular flexibility index (Phi) is 14.0. The average molecular weight is 612 g/mol. The second kappa shape index (κ2) is 18.7. The predicted molar refractivity (Wildman–Crippen MR) is 165 cm³/mol. The highest BCUT2D eigenvalue weighted by Gasteiger charge is 2.14. The number of aromatic nitrogens is 5. The number of benzene rings is 2. The van der Waals surface area contributed by atoms with Crippen molar-refractivity contribution in [1.82, 2.24) is 25.0 Å². The van der Waals surface area contributed by atoms with Crippen molar-refractivity contribution < 1.29 is 33.2 Å². The molecule has 0 amide bonds. The number of nitrogens with one attached hydrogen (secondary N) is 1. The molecule has 2 aromatic carbocycles. The fourth-order valence-electron chi connectivity index (χ4n) is 4.08. The molecule has 0 saturated carbocycles. The van der Waals surface area contributed by atoms with Crippen molar-refractivity contribution in [1.29, 1.82) is 0 Å². The summed E-state index contributed by atoms with van der Waals surface area (Å²) in [7, 11) is 3.25. The number of nitrogens with zero attached hydrogens (tertiary/aromatic N) is 5.